The van der Waals surface area contributed by atoms with Crippen molar-refractivity contribution in [3.8, 4) is 5.75 Å². The van der Waals surface area contributed by atoms with Gasteiger partial charge >= 0.3 is 0 Å². The van der Waals surface area contributed by atoms with Crippen LogP contribution in [0.3, 0.4) is 0 Å². The quantitative estimate of drug-likeness (QED) is 0.663. The standard InChI is InChI=1S/C19H20ClN5O/c1-11-5-6-15(13(3)7-11)23-19-24-18(10-21-25-19)22-16-8-12(2)14(20)9-17(16)26-4/h5-10H,1-4H3,(H2,22,23,24,25). The molecule has 0 atom stereocenters. The Morgan fingerprint density at radius 1 is 0.962 bits per heavy atom. The molecule has 0 aliphatic rings. The molecule has 0 unspecified atom stereocenters. The summed E-state index contributed by atoms with van der Waals surface area (Å²) in [6.45, 7) is 6.02. The molecule has 0 aliphatic heterocycles. The van der Waals surface area contributed by atoms with Crippen LogP contribution in [0.4, 0.5) is 23.1 Å². The summed E-state index contributed by atoms with van der Waals surface area (Å²) >= 11 is 6.15. The summed E-state index contributed by atoms with van der Waals surface area (Å²) in [5.41, 5.74) is 4.95. The molecule has 1 heterocycles. The molecule has 1 aromatic heterocycles. The fourth-order valence-corrected chi connectivity index (χ4v) is 2.71. The highest BCUT2D eigenvalue weighted by Gasteiger charge is 2.09. The minimum Gasteiger partial charge on any atom is -0.495 e. The van der Waals surface area contributed by atoms with E-state index in [1.807, 2.05) is 32.0 Å². The molecular formula is C19H20ClN5O. The Bertz CT molecular complexity index is 945. The van der Waals surface area contributed by atoms with Gasteiger partial charge in [-0.15, -0.1) is 5.10 Å². The van der Waals surface area contributed by atoms with E-state index in [0.29, 0.717) is 22.5 Å². The Morgan fingerprint density at radius 2 is 1.77 bits per heavy atom. The van der Waals surface area contributed by atoms with Crippen molar-refractivity contribution in [3.63, 3.8) is 0 Å². The van der Waals surface area contributed by atoms with Crippen LogP contribution < -0.4 is 15.4 Å². The van der Waals surface area contributed by atoms with Crippen molar-refractivity contribution in [2.24, 2.45) is 0 Å². The molecule has 0 spiro atoms. The van der Waals surface area contributed by atoms with E-state index in [1.54, 1.807) is 19.4 Å². The van der Waals surface area contributed by atoms with Crippen molar-refractivity contribution in [3.05, 3.63) is 58.2 Å². The number of rotatable bonds is 5. The van der Waals surface area contributed by atoms with E-state index in [2.05, 4.69) is 38.8 Å². The topological polar surface area (TPSA) is 72.0 Å². The van der Waals surface area contributed by atoms with E-state index in [4.69, 9.17) is 16.3 Å². The van der Waals surface area contributed by atoms with Crippen LogP contribution in [-0.2, 0) is 0 Å². The lowest BCUT2D eigenvalue weighted by molar-refractivity contribution is 0.416. The van der Waals surface area contributed by atoms with Gasteiger partial charge < -0.3 is 15.4 Å². The first kappa shape index (κ1) is 17.9. The van der Waals surface area contributed by atoms with Gasteiger partial charge in [-0.25, -0.2) is 0 Å². The largest absolute Gasteiger partial charge is 0.495 e. The number of halogens is 1. The van der Waals surface area contributed by atoms with Crippen molar-refractivity contribution < 1.29 is 4.74 Å². The number of aryl methyl sites for hydroxylation is 3. The van der Waals surface area contributed by atoms with E-state index < -0.39 is 0 Å². The second-order valence-electron chi connectivity index (χ2n) is 6.04. The smallest absolute Gasteiger partial charge is 0.249 e. The van der Waals surface area contributed by atoms with Gasteiger partial charge in [-0.2, -0.15) is 10.1 Å². The van der Waals surface area contributed by atoms with Crippen LogP contribution in [0.1, 0.15) is 16.7 Å². The minimum atomic E-state index is 0.409. The molecule has 0 fully saturated rings. The lowest BCUT2D eigenvalue weighted by atomic mass is 10.1. The van der Waals surface area contributed by atoms with E-state index in [-0.39, 0.29) is 0 Å². The van der Waals surface area contributed by atoms with Crippen molar-refractivity contribution in [2.75, 3.05) is 17.7 Å². The maximum atomic E-state index is 6.15. The van der Waals surface area contributed by atoms with E-state index in [1.165, 1.54) is 5.56 Å². The molecule has 0 amide bonds. The maximum Gasteiger partial charge on any atom is 0.249 e. The van der Waals surface area contributed by atoms with Crippen LogP contribution in [-0.4, -0.2) is 22.3 Å². The van der Waals surface area contributed by atoms with Gasteiger partial charge in [0.2, 0.25) is 5.95 Å². The zero-order valence-corrected chi connectivity index (χ0v) is 15.8. The number of anilines is 4. The Morgan fingerprint density at radius 3 is 2.50 bits per heavy atom. The number of hydrogen-bond donors (Lipinski definition) is 2. The fourth-order valence-electron chi connectivity index (χ4n) is 2.56. The average molecular weight is 370 g/mol. The fraction of sp³-hybridized carbons (Fsp3) is 0.211. The minimum absolute atomic E-state index is 0.409. The molecular weight excluding hydrogens is 350 g/mol. The van der Waals surface area contributed by atoms with Gasteiger partial charge in [-0.1, -0.05) is 29.3 Å². The summed E-state index contributed by atoms with van der Waals surface area (Å²) < 4.78 is 5.38. The lowest BCUT2D eigenvalue weighted by Crippen LogP contribution is -2.04. The zero-order valence-electron chi connectivity index (χ0n) is 15.1. The van der Waals surface area contributed by atoms with Crippen molar-refractivity contribution in [1.82, 2.24) is 15.2 Å². The zero-order chi connectivity index (χ0) is 18.7. The molecule has 0 radical (unpaired) electrons. The summed E-state index contributed by atoms with van der Waals surface area (Å²) in [6.07, 6.45) is 1.55. The number of nitrogens with one attached hydrogen (secondary N) is 2. The van der Waals surface area contributed by atoms with Gasteiger partial charge in [0.1, 0.15) is 5.75 Å². The lowest BCUT2D eigenvalue weighted by Gasteiger charge is -2.13. The van der Waals surface area contributed by atoms with Crippen molar-refractivity contribution >= 4 is 34.7 Å². The predicted octanol–water partition coefficient (Wildman–Crippen LogP) is 4.95. The van der Waals surface area contributed by atoms with Gasteiger partial charge in [0.15, 0.2) is 5.82 Å². The Labute approximate surface area is 157 Å². The molecule has 0 saturated heterocycles. The number of nitrogens with zero attached hydrogens (tertiary/aromatic N) is 3. The third-order valence-electron chi connectivity index (χ3n) is 3.93. The Hall–Kier alpha value is -2.86. The summed E-state index contributed by atoms with van der Waals surface area (Å²) in [4.78, 5) is 4.47. The van der Waals surface area contributed by atoms with Crippen molar-refractivity contribution in [2.45, 2.75) is 20.8 Å². The number of ether oxygens (including phenoxy) is 1. The molecule has 0 bridgehead atoms. The van der Waals surface area contributed by atoms with Crippen molar-refractivity contribution in [1.29, 1.82) is 0 Å². The van der Waals surface area contributed by atoms with E-state index >= 15 is 0 Å². The third kappa shape index (κ3) is 4.03. The average Bonchev–Trinajstić information content (AvgIpc) is 2.61. The summed E-state index contributed by atoms with van der Waals surface area (Å²) in [5.74, 6) is 1.59. The third-order valence-corrected chi connectivity index (χ3v) is 4.34. The first-order valence-corrected chi connectivity index (χ1v) is 8.49. The second-order valence-corrected chi connectivity index (χ2v) is 6.44. The van der Waals surface area contributed by atoms with E-state index in [9.17, 15) is 0 Å². The SMILES string of the molecule is COc1cc(Cl)c(C)cc1Nc1cnnc(Nc2ccc(C)cc2C)n1. The monoisotopic (exact) mass is 369 g/mol. The molecule has 0 saturated carbocycles. The van der Waals surface area contributed by atoms with E-state index in [0.717, 1.165) is 22.5 Å². The highest BCUT2D eigenvalue weighted by atomic mass is 35.5. The van der Waals surface area contributed by atoms with Crippen LogP contribution in [0.5, 0.6) is 5.75 Å². The van der Waals surface area contributed by atoms with Crippen LogP contribution >= 0.6 is 11.6 Å². The van der Waals surface area contributed by atoms with Gasteiger partial charge in [-0.05, 0) is 44.0 Å². The highest BCUT2D eigenvalue weighted by Crippen LogP contribution is 2.32. The molecule has 0 aliphatic carbocycles. The number of methoxy groups -OCH3 is 1. The van der Waals surface area contributed by atoms with Crippen LogP contribution in [0.15, 0.2) is 36.5 Å². The number of aromatic nitrogens is 3. The molecule has 2 N–H and O–H groups in total. The normalized spacial score (nSPS) is 10.5. The summed E-state index contributed by atoms with van der Waals surface area (Å²) in [5, 5.41) is 15.1. The number of hydrogen-bond acceptors (Lipinski definition) is 6. The maximum absolute atomic E-state index is 6.15. The first-order valence-electron chi connectivity index (χ1n) is 8.11. The Kier molecular flexibility index (Phi) is 5.23. The van der Waals surface area contributed by atoms with Crippen LogP contribution in [0.2, 0.25) is 5.02 Å². The molecule has 3 aromatic rings. The van der Waals surface area contributed by atoms with Crippen LogP contribution in [0.25, 0.3) is 0 Å². The number of benzene rings is 2. The van der Waals surface area contributed by atoms with Gasteiger partial charge in [-0.3, -0.25) is 0 Å². The summed E-state index contributed by atoms with van der Waals surface area (Å²) in [6, 6.07) is 9.80. The molecule has 134 valence electrons. The second kappa shape index (κ2) is 7.58. The molecule has 7 heteroatoms. The van der Waals surface area contributed by atoms with Crippen LogP contribution in [0, 0.1) is 20.8 Å². The van der Waals surface area contributed by atoms with Gasteiger partial charge in [0.25, 0.3) is 0 Å². The molecule has 6 nitrogen and oxygen atoms in total. The highest BCUT2D eigenvalue weighted by molar-refractivity contribution is 6.31. The first-order chi connectivity index (χ1) is 12.5. The predicted molar refractivity (Wildman–Crippen MR) is 105 cm³/mol. The van der Waals surface area contributed by atoms with Gasteiger partial charge in [0.05, 0.1) is 19.0 Å². The molecule has 3 rings (SSSR count). The summed E-state index contributed by atoms with van der Waals surface area (Å²) in [7, 11) is 1.59. The molecule has 26 heavy (non-hydrogen) atoms. The Balaban J connectivity index is 1.85. The van der Waals surface area contributed by atoms with Gasteiger partial charge in [0, 0.05) is 16.8 Å². The molecule has 2 aromatic carbocycles.